The smallest absolute Gasteiger partial charge is 0.388 e. The molecule has 2 nitrogen and oxygen atoms in total. The quantitative estimate of drug-likeness (QED) is 0.875. The van der Waals surface area contributed by atoms with Gasteiger partial charge < -0.3 is 5.11 Å². The lowest BCUT2D eigenvalue weighted by Gasteiger charge is -2.14. The zero-order valence-electron chi connectivity index (χ0n) is 10.2. The van der Waals surface area contributed by atoms with E-state index in [-0.39, 0.29) is 12.0 Å². The van der Waals surface area contributed by atoms with Crippen molar-refractivity contribution in [3.63, 3.8) is 0 Å². The van der Waals surface area contributed by atoms with E-state index >= 15 is 0 Å². The minimum Gasteiger partial charge on any atom is -0.388 e. The summed E-state index contributed by atoms with van der Waals surface area (Å²) < 4.78 is 50.9. The van der Waals surface area contributed by atoms with Gasteiger partial charge in [0.15, 0.2) is 0 Å². The summed E-state index contributed by atoms with van der Waals surface area (Å²) in [6.07, 6.45) is -2.75. The SMILES string of the molecule is OC(Cc1ccncc1)c1ccc(F)c(C(F)(F)F)c1. The Balaban J connectivity index is 2.25. The van der Waals surface area contributed by atoms with E-state index in [4.69, 9.17) is 0 Å². The first-order valence-corrected chi connectivity index (χ1v) is 5.81. The second-order valence-electron chi connectivity index (χ2n) is 4.31. The molecule has 20 heavy (non-hydrogen) atoms. The van der Waals surface area contributed by atoms with Crippen molar-refractivity contribution in [1.82, 2.24) is 4.98 Å². The maximum Gasteiger partial charge on any atom is 0.419 e. The Morgan fingerprint density at radius 3 is 2.35 bits per heavy atom. The summed E-state index contributed by atoms with van der Waals surface area (Å²) in [5, 5.41) is 9.94. The largest absolute Gasteiger partial charge is 0.419 e. The fraction of sp³-hybridized carbons (Fsp3) is 0.214. The third kappa shape index (κ3) is 3.33. The molecule has 6 heteroatoms. The van der Waals surface area contributed by atoms with Gasteiger partial charge in [-0.15, -0.1) is 0 Å². The third-order valence-electron chi connectivity index (χ3n) is 2.86. The molecule has 0 saturated carbocycles. The molecule has 0 bridgehead atoms. The van der Waals surface area contributed by atoms with Crippen LogP contribution in [-0.2, 0) is 12.6 Å². The first kappa shape index (κ1) is 14.5. The summed E-state index contributed by atoms with van der Waals surface area (Å²) in [7, 11) is 0. The number of hydrogen-bond donors (Lipinski definition) is 1. The molecular formula is C14H11F4NO. The maximum absolute atomic E-state index is 13.1. The molecule has 0 spiro atoms. The van der Waals surface area contributed by atoms with Gasteiger partial charge in [-0.2, -0.15) is 13.2 Å². The lowest BCUT2D eigenvalue weighted by Crippen LogP contribution is -2.10. The molecule has 1 aromatic carbocycles. The fourth-order valence-corrected chi connectivity index (χ4v) is 1.83. The molecule has 1 atom stereocenters. The molecule has 2 aromatic rings. The van der Waals surface area contributed by atoms with Crippen LogP contribution in [0.5, 0.6) is 0 Å². The number of rotatable bonds is 3. The van der Waals surface area contributed by atoms with E-state index < -0.39 is 23.7 Å². The number of aromatic nitrogens is 1. The lowest BCUT2D eigenvalue weighted by atomic mass is 10.00. The summed E-state index contributed by atoms with van der Waals surface area (Å²) in [6, 6.07) is 5.81. The van der Waals surface area contributed by atoms with Gasteiger partial charge in [-0.3, -0.25) is 4.98 Å². The summed E-state index contributed by atoms with van der Waals surface area (Å²) in [5.74, 6) is -1.35. The van der Waals surface area contributed by atoms with Crippen LogP contribution in [0, 0.1) is 5.82 Å². The summed E-state index contributed by atoms with van der Waals surface area (Å²) in [4.78, 5) is 3.80. The minimum atomic E-state index is -4.78. The molecule has 1 heterocycles. The van der Waals surface area contributed by atoms with E-state index in [1.807, 2.05) is 0 Å². The number of nitrogens with zero attached hydrogens (tertiary/aromatic N) is 1. The number of halogens is 4. The second-order valence-corrected chi connectivity index (χ2v) is 4.31. The van der Waals surface area contributed by atoms with Gasteiger partial charge >= 0.3 is 6.18 Å². The normalized spacial score (nSPS) is 13.2. The van der Waals surface area contributed by atoms with Gasteiger partial charge in [0.1, 0.15) is 5.82 Å². The monoisotopic (exact) mass is 285 g/mol. The third-order valence-corrected chi connectivity index (χ3v) is 2.86. The summed E-state index contributed by atoms with van der Waals surface area (Å²) in [6.45, 7) is 0. The van der Waals surface area contributed by atoms with E-state index in [9.17, 15) is 22.7 Å². The average molecular weight is 285 g/mol. The van der Waals surface area contributed by atoms with Crippen LogP contribution in [0.3, 0.4) is 0 Å². The van der Waals surface area contributed by atoms with Crippen molar-refractivity contribution in [2.45, 2.75) is 18.7 Å². The molecule has 0 aliphatic rings. The zero-order valence-corrected chi connectivity index (χ0v) is 10.2. The highest BCUT2D eigenvalue weighted by molar-refractivity contribution is 5.29. The van der Waals surface area contributed by atoms with Gasteiger partial charge in [0.25, 0.3) is 0 Å². The van der Waals surface area contributed by atoms with Crippen molar-refractivity contribution in [3.8, 4) is 0 Å². The van der Waals surface area contributed by atoms with Gasteiger partial charge in [0.05, 0.1) is 11.7 Å². The van der Waals surface area contributed by atoms with Gasteiger partial charge in [-0.25, -0.2) is 4.39 Å². The molecule has 1 unspecified atom stereocenters. The summed E-state index contributed by atoms with van der Waals surface area (Å²) in [5.41, 5.74) is -0.621. The molecule has 106 valence electrons. The maximum atomic E-state index is 13.1. The van der Waals surface area contributed by atoms with Gasteiger partial charge in [0, 0.05) is 18.8 Å². The van der Waals surface area contributed by atoms with Crippen LogP contribution in [0.2, 0.25) is 0 Å². The Labute approximate surface area is 112 Å². The van der Waals surface area contributed by atoms with Gasteiger partial charge in [-0.1, -0.05) is 6.07 Å². The lowest BCUT2D eigenvalue weighted by molar-refractivity contribution is -0.140. The Kier molecular flexibility index (Phi) is 4.04. The number of aliphatic hydroxyl groups is 1. The molecule has 2 rings (SSSR count). The highest BCUT2D eigenvalue weighted by atomic mass is 19.4. The van der Waals surface area contributed by atoms with Crippen LogP contribution in [0.4, 0.5) is 17.6 Å². The Hall–Kier alpha value is -1.95. The minimum absolute atomic E-state index is 0.0236. The van der Waals surface area contributed by atoms with E-state index in [1.54, 1.807) is 12.1 Å². The predicted molar refractivity (Wildman–Crippen MR) is 64.3 cm³/mol. The Morgan fingerprint density at radius 2 is 1.75 bits per heavy atom. The van der Waals surface area contributed by atoms with Crippen molar-refractivity contribution in [2.24, 2.45) is 0 Å². The predicted octanol–water partition coefficient (Wildman–Crippen LogP) is 3.52. The number of hydrogen-bond acceptors (Lipinski definition) is 2. The first-order valence-electron chi connectivity index (χ1n) is 5.81. The van der Waals surface area contributed by atoms with Crippen LogP contribution < -0.4 is 0 Å². The number of benzene rings is 1. The number of aliphatic hydroxyl groups excluding tert-OH is 1. The van der Waals surface area contributed by atoms with Crippen molar-refractivity contribution in [1.29, 1.82) is 0 Å². The van der Waals surface area contributed by atoms with Gasteiger partial charge in [-0.05, 0) is 35.4 Å². The second kappa shape index (κ2) is 5.58. The van der Waals surface area contributed by atoms with Crippen molar-refractivity contribution in [3.05, 3.63) is 65.2 Å². The van der Waals surface area contributed by atoms with E-state index in [0.717, 1.165) is 11.6 Å². The molecular weight excluding hydrogens is 274 g/mol. The Bertz CT molecular complexity index is 583. The van der Waals surface area contributed by atoms with E-state index in [0.29, 0.717) is 12.1 Å². The molecule has 0 fully saturated rings. The average Bonchev–Trinajstić information content (AvgIpc) is 2.39. The van der Waals surface area contributed by atoms with E-state index in [1.165, 1.54) is 12.4 Å². The first-order chi connectivity index (χ1) is 9.38. The van der Waals surface area contributed by atoms with Crippen LogP contribution >= 0.6 is 0 Å². The molecule has 0 aliphatic heterocycles. The highest BCUT2D eigenvalue weighted by Gasteiger charge is 2.34. The topological polar surface area (TPSA) is 33.1 Å². The van der Waals surface area contributed by atoms with Crippen LogP contribution in [0.25, 0.3) is 0 Å². The molecule has 1 aromatic heterocycles. The van der Waals surface area contributed by atoms with E-state index in [2.05, 4.69) is 4.98 Å². The van der Waals surface area contributed by atoms with Crippen LogP contribution in [-0.4, -0.2) is 10.1 Å². The molecule has 0 saturated heterocycles. The number of alkyl halides is 3. The van der Waals surface area contributed by atoms with Gasteiger partial charge in [0.2, 0.25) is 0 Å². The van der Waals surface area contributed by atoms with Crippen molar-refractivity contribution < 1.29 is 22.7 Å². The highest BCUT2D eigenvalue weighted by Crippen LogP contribution is 2.33. The standard InChI is InChI=1S/C14H11F4NO/c15-12-2-1-10(8-11(12)14(16,17)18)13(20)7-9-3-5-19-6-4-9/h1-6,8,13,20H,7H2. The van der Waals surface area contributed by atoms with Crippen LogP contribution in [0.15, 0.2) is 42.7 Å². The molecule has 0 aliphatic carbocycles. The Morgan fingerprint density at radius 1 is 1.10 bits per heavy atom. The fourth-order valence-electron chi connectivity index (χ4n) is 1.83. The number of pyridine rings is 1. The molecule has 1 N–H and O–H groups in total. The van der Waals surface area contributed by atoms with Crippen molar-refractivity contribution in [2.75, 3.05) is 0 Å². The van der Waals surface area contributed by atoms with Crippen molar-refractivity contribution >= 4 is 0 Å². The zero-order chi connectivity index (χ0) is 14.8. The molecule has 0 radical (unpaired) electrons. The summed E-state index contributed by atoms with van der Waals surface area (Å²) >= 11 is 0. The van der Waals surface area contributed by atoms with Crippen LogP contribution in [0.1, 0.15) is 22.8 Å². The molecule has 0 amide bonds.